The summed E-state index contributed by atoms with van der Waals surface area (Å²) in [5, 5.41) is 0. The topological polar surface area (TPSA) is 49.9 Å². The monoisotopic (exact) mass is 360 g/mol. The van der Waals surface area contributed by atoms with Gasteiger partial charge in [-0.25, -0.2) is 8.42 Å². The quantitative estimate of drug-likeness (QED) is 0.841. The van der Waals surface area contributed by atoms with E-state index >= 15 is 0 Å². The zero-order valence-electron chi connectivity index (χ0n) is 14.9. The Kier molecular flexibility index (Phi) is 5.01. The highest BCUT2D eigenvalue weighted by atomic mass is 32.2. The van der Waals surface area contributed by atoms with E-state index in [1.165, 1.54) is 0 Å². The lowest BCUT2D eigenvalue weighted by Gasteiger charge is -2.35. The SMILES string of the molecule is COc1cc(C)c(S(=O)(=O)N2CCN(c3ccccc3)CC2)c(C)c1. The van der Waals surface area contributed by atoms with Gasteiger partial charge in [-0.2, -0.15) is 4.31 Å². The van der Waals surface area contributed by atoms with Crippen molar-refractivity contribution < 1.29 is 13.2 Å². The average molecular weight is 360 g/mol. The molecule has 0 N–H and O–H groups in total. The number of hydrogen-bond donors (Lipinski definition) is 0. The number of para-hydroxylation sites is 1. The van der Waals surface area contributed by atoms with Crippen LogP contribution in [-0.2, 0) is 10.0 Å². The molecule has 0 saturated carbocycles. The third kappa shape index (κ3) is 3.50. The second-order valence-corrected chi connectivity index (χ2v) is 8.19. The van der Waals surface area contributed by atoms with Crippen molar-refractivity contribution in [3.05, 3.63) is 53.6 Å². The summed E-state index contributed by atoms with van der Waals surface area (Å²) in [5.41, 5.74) is 2.58. The van der Waals surface area contributed by atoms with Gasteiger partial charge in [0.15, 0.2) is 0 Å². The van der Waals surface area contributed by atoms with Crippen LogP contribution in [0.1, 0.15) is 11.1 Å². The molecular formula is C19H24N2O3S. The Morgan fingerprint density at radius 1 is 0.920 bits per heavy atom. The second kappa shape index (κ2) is 7.06. The smallest absolute Gasteiger partial charge is 0.243 e. The summed E-state index contributed by atoms with van der Waals surface area (Å²) in [6.45, 7) is 6.00. The molecule has 6 heteroatoms. The molecule has 0 amide bonds. The van der Waals surface area contributed by atoms with Crippen molar-refractivity contribution in [2.24, 2.45) is 0 Å². The molecule has 1 aliphatic heterocycles. The van der Waals surface area contributed by atoms with Crippen molar-refractivity contribution in [2.45, 2.75) is 18.7 Å². The molecule has 2 aromatic carbocycles. The third-order valence-electron chi connectivity index (χ3n) is 4.63. The number of methoxy groups -OCH3 is 1. The lowest BCUT2D eigenvalue weighted by molar-refractivity contribution is 0.384. The Morgan fingerprint density at radius 3 is 2.00 bits per heavy atom. The second-order valence-electron chi connectivity index (χ2n) is 6.32. The van der Waals surface area contributed by atoms with E-state index in [2.05, 4.69) is 17.0 Å². The summed E-state index contributed by atoms with van der Waals surface area (Å²) in [7, 11) is -1.91. The largest absolute Gasteiger partial charge is 0.497 e. The van der Waals surface area contributed by atoms with Gasteiger partial charge >= 0.3 is 0 Å². The maximum Gasteiger partial charge on any atom is 0.243 e. The molecule has 1 aliphatic rings. The number of aryl methyl sites for hydroxylation is 2. The van der Waals surface area contributed by atoms with Crippen LogP contribution < -0.4 is 9.64 Å². The molecule has 25 heavy (non-hydrogen) atoms. The van der Waals surface area contributed by atoms with Crippen LogP contribution >= 0.6 is 0 Å². The number of hydrogen-bond acceptors (Lipinski definition) is 4. The molecular weight excluding hydrogens is 336 g/mol. The van der Waals surface area contributed by atoms with Crippen LogP contribution in [0.25, 0.3) is 0 Å². The van der Waals surface area contributed by atoms with E-state index in [-0.39, 0.29) is 0 Å². The maximum atomic E-state index is 13.1. The molecule has 0 radical (unpaired) electrons. The zero-order valence-corrected chi connectivity index (χ0v) is 15.7. The van der Waals surface area contributed by atoms with E-state index in [1.807, 2.05) is 32.0 Å². The highest BCUT2D eigenvalue weighted by Gasteiger charge is 2.31. The predicted molar refractivity (Wildman–Crippen MR) is 99.9 cm³/mol. The van der Waals surface area contributed by atoms with Crippen molar-refractivity contribution in [2.75, 3.05) is 38.2 Å². The van der Waals surface area contributed by atoms with Crippen molar-refractivity contribution >= 4 is 15.7 Å². The Balaban J connectivity index is 1.81. The maximum absolute atomic E-state index is 13.1. The minimum Gasteiger partial charge on any atom is -0.497 e. The van der Waals surface area contributed by atoms with Gasteiger partial charge in [0.1, 0.15) is 5.75 Å². The van der Waals surface area contributed by atoms with Gasteiger partial charge in [0, 0.05) is 31.9 Å². The highest BCUT2D eigenvalue weighted by molar-refractivity contribution is 7.89. The van der Waals surface area contributed by atoms with E-state index in [1.54, 1.807) is 23.5 Å². The third-order valence-corrected chi connectivity index (χ3v) is 6.83. The lowest BCUT2D eigenvalue weighted by atomic mass is 10.1. The molecule has 134 valence electrons. The van der Waals surface area contributed by atoms with Crippen LogP contribution in [0.15, 0.2) is 47.4 Å². The minimum absolute atomic E-state index is 0.404. The van der Waals surface area contributed by atoms with Gasteiger partial charge in [-0.15, -0.1) is 0 Å². The van der Waals surface area contributed by atoms with Crippen molar-refractivity contribution in [1.82, 2.24) is 4.31 Å². The number of sulfonamides is 1. The summed E-state index contributed by atoms with van der Waals surface area (Å²) in [4.78, 5) is 2.63. The van der Waals surface area contributed by atoms with Gasteiger partial charge in [-0.05, 0) is 49.2 Å². The molecule has 5 nitrogen and oxygen atoms in total. The molecule has 0 aliphatic carbocycles. The molecule has 0 bridgehead atoms. The van der Waals surface area contributed by atoms with E-state index in [4.69, 9.17) is 4.74 Å². The summed E-state index contributed by atoms with van der Waals surface area (Å²) in [6.07, 6.45) is 0. The van der Waals surface area contributed by atoms with Crippen LogP contribution in [0.5, 0.6) is 5.75 Å². The van der Waals surface area contributed by atoms with Crippen molar-refractivity contribution in [1.29, 1.82) is 0 Å². The first-order valence-corrected chi connectivity index (χ1v) is 9.83. The fraction of sp³-hybridized carbons (Fsp3) is 0.368. The fourth-order valence-corrected chi connectivity index (χ4v) is 5.22. The van der Waals surface area contributed by atoms with E-state index in [9.17, 15) is 8.42 Å². The van der Waals surface area contributed by atoms with Crippen molar-refractivity contribution in [3.63, 3.8) is 0 Å². The number of benzene rings is 2. The number of ether oxygens (including phenoxy) is 1. The molecule has 2 aromatic rings. The van der Waals surface area contributed by atoms with Gasteiger partial charge in [0.05, 0.1) is 12.0 Å². The normalized spacial score (nSPS) is 16.0. The molecule has 1 fully saturated rings. The Morgan fingerprint density at radius 2 is 1.48 bits per heavy atom. The molecule has 0 spiro atoms. The van der Waals surface area contributed by atoms with Crippen molar-refractivity contribution in [3.8, 4) is 5.75 Å². The highest BCUT2D eigenvalue weighted by Crippen LogP contribution is 2.29. The molecule has 3 rings (SSSR count). The van der Waals surface area contributed by atoms with E-state index in [0.29, 0.717) is 36.8 Å². The molecule has 0 unspecified atom stereocenters. The van der Waals surface area contributed by atoms with Crippen LogP contribution in [0.4, 0.5) is 5.69 Å². The standard InChI is InChI=1S/C19H24N2O3S/c1-15-13-18(24-3)14-16(2)19(15)25(22,23)21-11-9-20(10-12-21)17-7-5-4-6-8-17/h4-8,13-14H,9-12H2,1-3H3. The first-order valence-electron chi connectivity index (χ1n) is 8.39. The number of nitrogens with zero attached hydrogens (tertiary/aromatic N) is 2. The average Bonchev–Trinajstić information content (AvgIpc) is 2.61. The molecule has 0 aromatic heterocycles. The molecule has 1 heterocycles. The Labute approximate surface area is 149 Å². The Hall–Kier alpha value is -2.05. The fourth-order valence-electron chi connectivity index (χ4n) is 3.39. The van der Waals surface area contributed by atoms with Crippen LogP contribution in [-0.4, -0.2) is 46.0 Å². The predicted octanol–water partition coefficient (Wildman–Crippen LogP) is 2.82. The number of rotatable bonds is 4. The van der Waals surface area contributed by atoms with E-state index in [0.717, 1.165) is 16.8 Å². The van der Waals surface area contributed by atoms with E-state index < -0.39 is 10.0 Å². The Bertz CT molecular complexity index is 819. The van der Waals surface area contributed by atoms with Crippen LogP contribution in [0.2, 0.25) is 0 Å². The van der Waals surface area contributed by atoms with Gasteiger partial charge in [0.25, 0.3) is 0 Å². The molecule has 1 saturated heterocycles. The zero-order chi connectivity index (χ0) is 18.0. The van der Waals surface area contributed by atoms with Gasteiger partial charge in [0.2, 0.25) is 10.0 Å². The van der Waals surface area contributed by atoms with Gasteiger partial charge in [-0.3, -0.25) is 0 Å². The summed E-state index contributed by atoms with van der Waals surface area (Å²) >= 11 is 0. The van der Waals surface area contributed by atoms with Crippen LogP contribution in [0.3, 0.4) is 0 Å². The van der Waals surface area contributed by atoms with Gasteiger partial charge in [-0.1, -0.05) is 18.2 Å². The first kappa shape index (κ1) is 17.8. The molecule has 0 atom stereocenters. The van der Waals surface area contributed by atoms with Crippen LogP contribution in [0, 0.1) is 13.8 Å². The van der Waals surface area contributed by atoms with Gasteiger partial charge < -0.3 is 9.64 Å². The summed E-state index contributed by atoms with van der Waals surface area (Å²) in [5.74, 6) is 0.683. The lowest BCUT2D eigenvalue weighted by Crippen LogP contribution is -2.48. The minimum atomic E-state index is -3.50. The first-order chi connectivity index (χ1) is 11.9. The summed E-state index contributed by atoms with van der Waals surface area (Å²) < 4.78 is 33.1. The summed E-state index contributed by atoms with van der Waals surface area (Å²) in [6, 6.07) is 13.7. The number of piperazine rings is 1. The number of anilines is 1.